The van der Waals surface area contributed by atoms with E-state index in [9.17, 15) is 4.79 Å². The Balaban J connectivity index is 2.60. The number of carbonyl (C=O) groups is 1. The maximum atomic E-state index is 11.8. The van der Waals surface area contributed by atoms with Crippen LogP contribution in [0.5, 0.6) is 0 Å². The number of methoxy groups -OCH3 is 1. The Morgan fingerprint density at radius 2 is 2.21 bits per heavy atom. The fourth-order valence-electron chi connectivity index (χ4n) is 1.80. The normalized spacial score (nSPS) is 10.7. The van der Waals surface area contributed by atoms with Crippen LogP contribution in [0, 0.1) is 13.8 Å². The van der Waals surface area contributed by atoms with E-state index in [1.165, 1.54) is 18.4 Å². The third-order valence-electron chi connectivity index (χ3n) is 2.57. The maximum Gasteiger partial charge on any atom is 0.360 e. The SMILES string of the molecule is COC(=O)c1nnn(CCN)c1-c1sc(C)nc1C. The highest BCUT2D eigenvalue weighted by atomic mass is 32.1. The molecule has 0 unspecified atom stereocenters. The van der Waals surface area contributed by atoms with Crippen LogP contribution in [0.3, 0.4) is 0 Å². The highest BCUT2D eigenvalue weighted by Crippen LogP contribution is 2.31. The summed E-state index contributed by atoms with van der Waals surface area (Å²) in [6, 6.07) is 0. The number of ether oxygens (including phenoxy) is 1. The van der Waals surface area contributed by atoms with E-state index in [1.54, 1.807) is 4.68 Å². The van der Waals surface area contributed by atoms with Crippen molar-refractivity contribution in [3.05, 3.63) is 16.4 Å². The number of nitrogens with two attached hydrogens (primary N) is 1. The molecule has 0 aliphatic carbocycles. The molecule has 19 heavy (non-hydrogen) atoms. The number of aryl methyl sites for hydroxylation is 2. The third-order valence-corrected chi connectivity index (χ3v) is 3.65. The van der Waals surface area contributed by atoms with Gasteiger partial charge in [0.25, 0.3) is 0 Å². The van der Waals surface area contributed by atoms with Crippen LogP contribution in [0.15, 0.2) is 0 Å². The summed E-state index contributed by atoms with van der Waals surface area (Å²) >= 11 is 1.49. The van der Waals surface area contributed by atoms with Crippen molar-refractivity contribution < 1.29 is 9.53 Å². The first-order valence-electron chi connectivity index (χ1n) is 5.74. The lowest BCUT2D eigenvalue weighted by Gasteiger charge is -2.04. The van der Waals surface area contributed by atoms with Gasteiger partial charge in [-0.15, -0.1) is 16.4 Å². The molecule has 8 heteroatoms. The molecule has 0 saturated heterocycles. The zero-order chi connectivity index (χ0) is 14.0. The highest BCUT2D eigenvalue weighted by molar-refractivity contribution is 7.15. The van der Waals surface area contributed by atoms with Gasteiger partial charge in [0, 0.05) is 6.54 Å². The first kappa shape index (κ1) is 13.6. The number of thiazole rings is 1. The van der Waals surface area contributed by atoms with Crippen molar-refractivity contribution >= 4 is 17.3 Å². The van der Waals surface area contributed by atoms with E-state index in [0.717, 1.165) is 15.6 Å². The third kappa shape index (κ3) is 2.49. The minimum atomic E-state index is -0.510. The molecule has 2 aromatic rings. The van der Waals surface area contributed by atoms with E-state index in [4.69, 9.17) is 10.5 Å². The quantitative estimate of drug-likeness (QED) is 0.831. The molecule has 7 nitrogen and oxygen atoms in total. The molecule has 0 amide bonds. The first-order valence-corrected chi connectivity index (χ1v) is 6.56. The number of nitrogens with zero attached hydrogens (tertiary/aromatic N) is 4. The van der Waals surface area contributed by atoms with Gasteiger partial charge in [-0.05, 0) is 13.8 Å². The molecule has 0 bridgehead atoms. The molecule has 0 fully saturated rings. The second-order valence-corrected chi connectivity index (χ2v) is 5.14. The van der Waals surface area contributed by atoms with Crippen LogP contribution < -0.4 is 5.73 Å². The van der Waals surface area contributed by atoms with Gasteiger partial charge in [-0.2, -0.15) is 0 Å². The summed E-state index contributed by atoms with van der Waals surface area (Å²) in [6.45, 7) is 4.69. The molecule has 0 saturated carbocycles. The minimum Gasteiger partial charge on any atom is -0.464 e. The van der Waals surface area contributed by atoms with Gasteiger partial charge in [0.2, 0.25) is 0 Å². The maximum absolute atomic E-state index is 11.8. The summed E-state index contributed by atoms with van der Waals surface area (Å²) in [6.07, 6.45) is 0. The summed E-state index contributed by atoms with van der Waals surface area (Å²) in [5.41, 5.74) is 7.21. The zero-order valence-corrected chi connectivity index (χ0v) is 11.8. The van der Waals surface area contributed by atoms with Crippen molar-refractivity contribution in [1.82, 2.24) is 20.0 Å². The van der Waals surface area contributed by atoms with E-state index in [0.29, 0.717) is 18.8 Å². The van der Waals surface area contributed by atoms with Crippen LogP contribution in [0.1, 0.15) is 21.2 Å². The van der Waals surface area contributed by atoms with Crippen molar-refractivity contribution in [3.8, 4) is 10.6 Å². The fraction of sp³-hybridized carbons (Fsp3) is 0.455. The molecule has 0 radical (unpaired) electrons. The Hall–Kier alpha value is -1.80. The van der Waals surface area contributed by atoms with Crippen molar-refractivity contribution in [2.45, 2.75) is 20.4 Å². The molecule has 2 aromatic heterocycles. The van der Waals surface area contributed by atoms with Gasteiger partial charge in [-0.3, -0.25) is 0 Å². The van der Waals surface area contributed by atoms with Crippen molar-refractivity contribution in [3.63, 3.8) is 0 Å². The largest absolute Gasteiger partial charge is 0.464 e. The van der Waals surface area contributed by atoms with Gasteiger partial charge < -0.3 is 10.5 Å². The van der Waals surface area contributed by atoms with E-state index >= 15 is 0 Å². The average molecular weight is 281 g/mol. The van der Waals surface area contributed by atoms with Gasteiger partial charge >= 0.3 is 5.97 Å². The van der Waals surface area contributed by atoms with Gasteiger partial charge in [0.15, 0.2) is 5.69 Å². The van der Waals surface area contributed by atoms with Gasteiger partial charge in [0.05, 0.1) is 29.2 Å². The Morgan fingerprint density at radius 1 is 1.47 bits per heavy atom. The van der Waals surface area contributed by atoms with E-state index in [2.05, 4.69) is 15.3 Å². The lowest BCUT2D eigenvalue weighted by Crippen LogP contribution is -2.13. The Bertz CT molecular complexity index is 604. The molecule has 2 rings (SSSR count). The minimum absolute atomic E-state index is 0.197. The van der Waals surface area contributed by atoms with Gasteiger partial charge in [0.1, 0.15) is 5.69 Å². The topological polar surface area (TPSA) is 95.9 Å². The van der Waals surface area contributed by atoms with E-state index in [1.807, 2.05) is 13.8 Å². The summed E-state index contributed by atoms with van der Waals surface area (Å²) in [7, 11) is 1.32. The Morgan fingerprint density at radius 3 is 2.74 bits per heavy atom. The van der Waals surface area contributed by atoms with Crippen LogP contribution in [0.4, 0.5) is 0 Å². The molecule has 0 aliphatic heterocycles. The highest BCUT2D eigenvalue weighted by Gasteiger charge is 2.24. The molecule has 102 valence electrons. The molecule has 2 heterocycles. The number of hydrogen-bond acceptors (Lipinski definition) is 7. The Labute approximate surface area is 114 Å². The Kier molecular flexibility index (Phi) is 3.91. The first-order chi connectivity index (χ1) is 9.08. The molecule has 0 spiro atoms. The summed E-state index contributed by atoms with van der Waals surface area (Å²) in [5, 5.41) is 8.78. The van der Waals surface area contributed by atoms with Crippen LogP contribution in [0.2, 0.25) is 0 Å². The standard InChI is InChI=1S/C11H15N5O2S/c1-6-10(19-7(2)13-6)9-8(11(17)18-3)14-15-16(9)5-4-12/h4-5,12H2,1-3H3. The van der Waals surface area contributed by atoms with Crippen LogP contribution in [0.25, 0.3) is 10.6 Å². The van der Waals surface area contributed by atoms with Crippen molar-refractivity contribution in [2.75, 3.05) is 13.7 Å². The molecule has 0 aliphatic rings. The summed E-state index contributed by atoms with van der Waals surface area (Å²) in [5.74, 6) is -0.510. The van der Waals surface area contributed by atoms with E-state index in [-0.39, 0.29) is 5.69 Å². The van der Waals surface area contributed by atoms with Crippen molar-refractivity contribution in [2.24, 2.45) is 5.73 Å². The fourth-order valence-corrected chi connectivity index (χ4v) is 2.77. The number of hydrogen-bond donors (Lipinski definition) is 1. The van der Waals surface area contributed by atoms with Crippen molar-refractivity contribution in [1.29, 1.82) is 0 Å². The lowest BCUT2D eigenvalue weighted by molar-refractivity contribution is 0.0595. The summed E-state index contributed by atoms with van der Waals surface area (Å²) in [4.78, 5) is 17.0. The monoisotopic (exact) mass is 281 g/mol. The predicted octanol–water partition coefficient (Wildman–Crippen LogP) is 0.764. The number of aromatic nitrogens is 4. The van der Waals surface area contributed by atoms with Crippen LogP contribution in [-0.4, -0.2) is 39.6 Å². The number of carbonyl (C=O) groups excluding carboxylic acids is 1. The van der Waals surface area contributed by atoms with Crippen LogP contribution >= 0.6 is 11.3 Å². The molecule has 0 atom stereocenters. The molecular formula is C11H15N5O2S. The lowest BCUT2D eigenvalue weighted by atomic mass is 10.2. The predicted molar refractivity (Wildman–Crippen MR) is 71.0 cm³/mol. The van der Waals surface area contributed by atoms with Gasteiger partial charge in [-0.1, -0.05) is 5.21 Å². The average Bonchev–Trinajstić information content (AvgIpc) is 2.92. The zero-order valence-electron chi connectivity index (χ0n) is 11.0. The van der Waals surface area contributed by atoms with E-state index < -0.39 is 5.97 Å². The van der Waals surface area contributed by atoms with Gasteiger partial charge in [-0.25, -0.2) is 14.5 Å². The second-order valence-electron chi connectivity index (χ2n) is 3.94. The molecular weight excluding hydrogens is 266 g/mol. The van der Waals surface area contributed by atoms with Crippen LogP contribution in [-0.2, 0) is 11.3 Å². The summed E-state index contributed by atoms with van der Waals surface area (Å²) < 4.78 is 6.35. The number of esters is 1. The molecule has 0 aromatic carbocycles. The second kappa shape index (κ2) is 5.45. The molecule has 2 N–H and O–H groups in total. The smallest absolute Gasteiger partial charge is 0.360 e. The number of rotatable bonds is 4.